The van der Waals surface area contributed by atoms with Gasteiger partial charge in [-0.1, -0.05) is 13.8 Å². The van der Waals surface area contributed by atoms with Crippen LogP contribution in [-0.2, 0) is 26.2 Å². The Hall–Kier alpha value is -3.56. The molecule has 220 valence electrons. The Labute approximate surface area is 234 Å². The SMILES string of the molecule is C[C@@H]1CN(c2ncnc3c2C(C)(C)CN3c2cn3c(C(F)(F)F)nnc3cn2)[C@@H](C)CN1C(=O)C1(C)CCS1(=O)=O. The van der Waals surface area contributed by atoms with E-state index < -0.39 is 32.0 Å². The highest BCUT2D eigenvalue weighted by molar-refractivity contribution is 7.95. The van der Waals surface area contributed by atoms with Crippen LogP contribution in [0.15, 0.2) is 18.7 Å². The molecule has 3 aliphatic rings. The summed E-state index contributed by atoms with van der Waals surface area (Å²) in [6, 6.07) is -0.470. The lowest BCUT2D eigenvalue weighted by Gasteiger charge is -2.49. The van der Waals surface area contributed by atoms with E-state index in [9.17, 15) is 26.4 Å². The van der Waals surface area contributed by atoms with Crippen LogP contribution in [0.5, 0.6) is 0 Å². The average molecular weight is 594 g/mol. The maximum atomic E-state index is 13.5. The third kappa shape index (κ3) is 4.04. The number of carbonyl (C=O) groups is 1. The Morgan fingerprint density at radius 1 is 1.02 bits per heavy atom. The lowest BCUT2D eigenvalue weighted by Crippen LogP contribution is -2.66. The zero-order chi connectivity index (χ0) is 29.7. The topological polar surface area (TPSA) is 130 Å². The Bertz CT molecular complexity index is 1680. The molecule has 3 aromatic heterocycles. The van der Waals surface area contributed by atoms with Gasteiger partial charge in [-0.25, -0.2) is 23.4 Å². The molecule has 41 heavy (non-hydrogen) atoms. The molecule has 0 N–H and O–H groups in total. The van der Waals surface area contributed by atoms with Crippen LogP contribution in [0, 0.1) is 0 Å². The summed E-state index contributed by atoms with van der Waals surface area (Å²) < 4.78 is 64.9. The Balaban J connectivity index is 1.34. The second-order valence-electron chi connectivity index (χ2n) is 12.0. The summed E-state index contributed by atoms with van der Waals surface area (Å²) in [6.07, 6.45) is -0.453. The van der Waals surface area contributed by atoms with Crippen molar-refractivity contribution in [3.63, 3.8) is 0 Å². The maximum Gasteiger partial charge on any atom is 0.452 e. The van der Waals surface area contributed by atoms with Gasteiger partial charge in [0.1, 0.15) is 22.7 Å². The molecule has 16 heteroatoms. The summed E-state index contributed by atoms with van der Waals surface area (Å²) in [4.78, 5) is 32.4. The molecule has 0 spiro atoms. The molecule has 2 saturated heterocycles. The Morgan fingerprint density at radius 3 is 2.37 bits per heavy atom. The van der Waals surface area contributed by atoms with Gasteiger partial charge in [-0.3, -0.25) is 9.20 Å². The fourth-order valence-electron chi connectivity index (χ4n) is 6.08. The van der Waals surface area contributed by atoms with Gasteiger partial charge in [0.25, 0.3) is 0 Å². The molecule has 0 aromatic carbocycles. The number of carbonyl (C=O) groups excluding carboxylic acids is 1. The van der Waals surface area contributed by atoms with E-state index in [0.717, 1.165) is 9.96 Å². The number of halogens is 3. The second kappa shape index (κ2) is 8.72. The first-order valence-electron chi connectivity index (χ1n) is 13.3. The van der Waals surface area contributed by atoms with Crippen molar-refractivity contribution in [2.45, 2.75) is 69.5 Å². The molecule has 1 unspecified atom stereocenters. The van der Waals surface area contributed by atoms with E-state index in [1.54, 1.807) is 9.80 Å². The number of nitrogens with zero attached hydrogens (tertiary/aromatic N) is 9. The fourth-order valence-corrected chi connectivity index (χ4v) is 7.61. The highest BCUT2D eigenvalue weighted by atomic mass is 32.2. The van der Waals surface area contributed by atoms with Crippen molar-refractivity contribution in [2.75, 3.05) is 35.2 Å². The lowest BCUT2D eigenvalue weighted by atomic mass is 9.87. The number of hydrogen-bond donors (Lipinski definition) is 0. The predicted octanol–water partition coefficient (Wildman–Crippen LogP) is 2.37. The first kappa shape index (κ1) is 27.6. The molecule has 1 amide bonds. The standard InChI is InChI=1S/C25H30F3N9O3S/c1-14-10-35(22(38)24(5)6-7-41(24,39)40)15(2)9-34(14)19-18-20(31-13-30-19)37(12-23(18,3)4)17-11-36-16(8-29-17)32-33-21(36)25(26,27)28/h8,11,13-15H,6-7,9-10,12H2,1-5H3/t14-,15+,24?/m0/s1. The van der Waals surface area contributed by atoms with Crippen LogP contribution in [0.1, 0.15) is 52.4 Å². The molecule has 0 aliphatic carbocycles. The molecule has 6 rings (SSSR count). The average Bonchev–Trinajstić information content (AvgIpc) is 3.46. The zero-order valence-electron chi connectivity index (χ0n) is 23.2. The smallest absolute Gasteiger partial charge is 0.350 e. The van der Waals surface area contributed by atoms with Crippen LogP contribution in [0.4, 0.5) is 30.6 Å². The lowest BCUT2D eigenvalue weighted by molar-refractivity contribution is -0.145. The van der Waals surface area contributed by atoms with Crippen molar-refractivity contribution in [1.82, 2.24) is 34.4 Å². The summed E-state index contributed by atoms with van der Waals surface area (Å²) in [6.45, 7) is 10.5. The van der Waals surface area contributed by atoms with E-state index in [1.165, 1.54) is 25.6 Å². The van der Waals surface area contributed by atoms with Crippen LogP contribution in [0.25, 0.3) is 5.65 Å². The molecule has 0 radical (unpaired) electrons. The quantitative estimate of drug-likeness (QED) is 0.446. The first-order chi connectivity index (χ1) is 19.0. The minimum Gasteiger partial charge on any atom is -0.350 e. The van der Waals surface area contributed by atoms with Gasteiger partial charge in [-0.05, 0) is 27.2 Å². The van der Waals surface area contributed by atoms with Crippen molar-refractivity contribution >= 4 is 38.8 Å². The molecule has 0 bridgehead atoms. The van der Waals surface area contributed by atoms with Crippen molar-refractivity contribution in [3.8, 4) is 0 Å². The van der Waals surface area contributed by atoms with Gasteiger partial charge in [0.05, 0.1) is 18.1 Å². The van der Waals surface area contributed by atoms with E-state index in [-0.39, 0.29) is 35.2 Å². The molecular formula is C25H30F3N9O3S. The molecule has 6 heterocycles. The van der Waals surface area contributed by atoms with Gasteiger partial charge in [0.15, 0.2) is 21.3 Å². The van der Waals surface area contributed by atoms with Gasteiger partial charge in [0.2, 0.25) is 11.7 Å². The molecule has 3 atom stereocenters. The van der Waals surface area contributed by atoms with Crippen LogP contribution in [0.2, 0.25) is 0 Å². The number of anilines is 3. The largest absolute Gasteiger partial charge is 0.452 e. The highest BCUT2D eigenvalue weighted by Gasteiger charge is 2.57. The van der Waals surface area contributed by atoms with Crippen LogP contribution in [-0.4, -0.2) is 91.0 Å². The summed E-state index contributed by atoms with van der Waals surface area (Å²) in [7, 11) is -3.46. The highest BCUT2D eigenvalue weighted by Crippen LogP contribution is 2.47. The number of piperazine rings is 1. The van der Waals surface area contributed by atoms with Gasteiger partial charge in [-0.15, -0.1) is 10.2 Å². The van der Waals surface area contributed by atoms with Crippen LogP contribution < -0.4 is 9.80 Å². The Kier molecular flexibility index (Phi) is 5.87. The fraction of sp³-hybridized carbons (Fsp3) is 0.600. The third-order valence-electron chi connectivity index (χ3n) is 8.61. The van der Waals surface area contributed by atoms with E-state index in [1.807, 2.05) is 27.7 Å². The van der Waals surface area contributed by atoms with Gasteiger partial charge in [-0.2, -0.15) is 13.2 Å². The van der Waals surface area contributed by atoms with Crippen molar-refractivity contribution < 1.29 is 26.4 Å². The summed E-state index contributed by atoms with van der Waals surface area (Å²) in [5.41, 5.74) is 0.280. The summed E-state index contributed by atoms with van der Waals surface area (Å²) >= 11 is 0. The molecule has 3 aromatic rings. The van der Waals surface area contributed by atoms with E-state index >= 15 is 0 Å². The van der Waals surface area contributed by atoms with E-state index in [4.69, 9.17) is 0 Å². The van der Waals surface area contributed by atoms with Crippen molar-refractivity contribution in [2.24, 2.45) is 0 Å². The number of sulfone groups is 1. The van der Waals surface area contributed by atoms with Crippen molar-refractivity contribution in [1.29, 1.82) is 0 Å². The number of alkyl halides is 3. The minimum absolute atomic E-state index is 0.0223. The molecule has 3 aliphatic heterocycles. The minimum atomic E-state index is -4.69. The van der Waals surface area contributed by atoms with Gasteiger partial charge < -0.3 is 14.7 Å². The van der Waals surface area contributed by atoms with E-state index in [2.05, 4.69) is 30.0 Å². The van der Waals surface area contributed by atoms with Crippen molar-refractivity contribution in [3.05, 3.63) is 30.1 Å². The number of aromatic nitrogens is 6. The molecule has 12 nitrogen and oxygen atoms in total. The predicted molar refractivity (Wildman–Crippen MR) is 143 cm³/mol. The summed E-state index contributed by atoms with van der Waals surface area (Å²) in [5.74, 6) is -0.0364. The summed E-state index contributed by atoms with van der Waals surface area (Å²) in [5, 5.41) is 6.87. The monoisotopic (exact) mass is 593 g/mol. The molecular weight excluding hydrogens is 563 g/mol. The zero-order valence-corrected chi connectivity index (χ0v) is 24.0. The van der Waals surface area contributed by atoms with Gasteiger partial charge >= 0.3 is 6.18 Å². The number of rotatable bonds is 3. The number of hydrogen-bond acceptors (Lipinski definition) is 10. The number of amides is 1. The van der Waals surface area contributed by atoms with Crippen LogP contribution in [0.3, 0.4) is 0 Å². The molecule has 2 fully saturated rings. The second-order valence-corrected chi connectivity index (χ2v) is 14.5. The normalized spacial score (nSPS) is 27.2. The maximum absolute atomic E-state index is 13.5. The third-order valence-corrected chi connectivity index (χ3v) is 11.1. The first-order valence-corrected chi connectivity index (χ1v) is 14.9. The number of fused-ring (bicyclic) bond motifs is 2. The van der Waals surface area contributed by atoms with Gasteiger partial charge in [0, 0.05) is 42.7 Å². The van der Waals surface area contributed by atoms with E-state index in [0.29, 0.717) is 37.7 Å². The Morgan fingerprint density at radius 2 is 1.73 bits per heavy atom. The van der Waals surface area contributed by atoms with Crippen LogP contribution >= 0.6 is 0 Å². The molecule has 0 saturated carbocycles.